The molecule has 0 amide bonds. The first-order chi connectivity index (χ1) is 9.79. The van der Waals surface area contributed by atoms with Crippen LogP contribution in [0.15, 0.2) is 24.4 Å². The topological polar surface area (TPSA) is 39.9 Å². The van der Waals surface area contributed by atoms with Crippen molar-refractivity contribution in [3.63, 3.8) is 0 Å². The second-order valence-electron chi connectivity index (χ2n) is 5.20. The normalized spacial score (nSPS) is 15.9. The van der Waals surface area contributed by atoms with Crippen LogP contribution in [0.2, 0.25) is 0 Å². The van der Waals surface area contributed by atoms with Crippen LogP contribution in [0.1, 0.15) is 31.2 Å². The van der Waals surface area contributed by atoms with Gasteiger partial charge in [0.05, 0.1) is 16.8 Å². The lowest BCUT2D eigenvalue weighted by molar-refractivity contribution is 0.629. The van der Waals surface area contributed by atoms with Crippen LogP contribution in [0.25, 0.3) is 10.9 Å². The minimum Gasteiger partial charge on any atom is -0.370 e. The quantitative estimate of drug-likeness (QED) is 0.793. The molecule has 1 aliphatic rings. The van der Waals surface area contributed by atoms with E-state index in [-0.39, 0.29) is 5.82 Å². The molecule has 3 nitrogen and oxygen atoms in total. The van der Waals surface area contributed by atoms with Crippen LogP contribution in [-0.2, 0) is 0 Å². The molecule has 0 bridgehead atoms. The van der Waals surface area contributed by atoms with E-state index in [0.29, 0.717) is 5.56 Å². The number of anilines is 1. The zero-order chi connectivity index (χ0) is 13.9. The zero-order valence-electron chi connectivity index (χ0n) is 11.3. The number of pyridine rings is 1. The monoisotopic (exact) mass is 269 g/mol. The first kappa shape index (κ1) is 12.9. The Morgan fingerprint density at radius 3 is 2.60 bits per heavy atom. The maximum atomic E-state index is 13.6. The van der Waals surface area contributed by atoms with Gasteiger partial charge >= 0.3 is 0 Å². The van der Waals surface area contributed by atoms with Crippen molar-refractivity contribution in [2.45, 2.75) is 25.7 Å². The number of hydrogen-bond donors (Lipinski definition) is 0. The average molecular weight is 269 g/mol. The highest BCUT2D eigenvalue weighted by Crippen LogP contribution is 2.31. The third-order valence-corrected chi connectivity index (χ3v) is 3.84. The second kappa shape index (κ2) is 5.46. The predicted octanol–water partition coefficient (Wildman–Crippen LogP) is 3.63. The van der Waals surface area contributed by atoms with E-state index >= 15 is 0 Å². The summed E-state index contributed by atoms with van der Waals surface area (Å²) in [6, 6.07) is 6.77. The van der Waals surface area contributed by atoms with Gasteiger partial charge in [-0.05, 0) is 31.0 Å². The number of aromatic nitrogens is 1. The molecule has 0 saturated carbocycles. The molecule has 3 rings (SSSR count). The lowest BCUT2D eigenvalue weighted by atomic mass is 10.1. The summed E-state index contributed by atoms with van der Waals surface area (Å²) in [4.78, 5) is 6.47. The summed E-state index contributed by atoms with van der Waals surface area (Å²) in [5, 5.41) is 10.1. The molecule has 102 valence electrons. The van der Waals surface area contributed by atoms with Crippen molar-refractivity contribution < 1.29 is 4.39 Å². The molecule has 1 aromatic carbocycles. The van der Waals surface area contributed by atoms with Crippen molar-refractivity contribution in [1.82, 2.24) is 4.98 Å². The molecule has 0 atom stereocenters. The van der Waals surface area contributed by atoms with Crippen LogP contribution >= 0.6 is 0 Å². The Labute approximate surface area is 117 Å². The summed E-state index contributed by atoms with van der Waals surface area (Å²) in [7, 11) is 0. The number of fused-ring (bicyclic) bond motifs is 1. The number of halogens is 1. The summed E-state index contributed by atoms with van der Waals surface area (Å²) in [6.45, 7) is 1.84. The van der Waals surface area contributed by atoms with Gasteiger partial charge < -0.3 is 4.90 Å². The first-order valence-corrected chi connectivity index (χ1v) is 7.03. The molecule has 1 aliphatic heterocycles. The van der Waals surface area contributed by atoms with Gasteiger partial charge in [-0.3, -0.25) is 4.98 Å². The molecule has 1 fully saturated rings. The zero-order valence-corrected chi connectivity index (χ0v) is 11.3. The van der Waals surface area contributed by atoms with Crippen LogP contribution in [0.4, 0.5) is 10.1 Å². The SMILES string of the molecule is N#Cc1cnc2ccc(F)cc2c1N1CCCCCC1. The Morgan fingerprint density at radius 2 is 1.90 bits per heavy atom. The third-order valence-electron chi connectivity index (χ3n) is 3.84. The molecule has 2 aromatic rings. The highest BCUT2D eigenvalue weighted by atomic mass is 19.1. The van der Waals surface area contributed by atoms with Gasteiger partial charge in [0, 0.05) is 24.7 Å². The van der Waals surface area contributed by atoms with Crippen LogP contribution in [0, 0.1) is 17.1 Å². The van der Waals surface area contributed by atoms with E-state index in [1.165, 1.54) is 25.0 Å². The van der Waals surface area contributed by atoms with E-state index in [9.17, 15) is 9.65 Å². The third kappa shape index (κ3) is 2.32. The van der Waals surface area contributed by atoms with Crippen LogP contribution < -0.4 is 4.90 Å². The molecule has 1 saturated heterocycles. The summed E-state index contributed by atoms with van der Waals surface area (Å²) >= 11 is 0. The number of nitriles is 1. The molecule has 0 unspecified atom stereocenters. The number of rotatable bonds is 1. The highest BCUT2D eigenvalue weighted by molar-refractivity contribution is 5.94. The van der Waals surface area contributed by atoms with Crippen molar-refractivity contribution >= 4 is 16.6 Å². The van der Waals surface area contributed by atoms with Gasteiger partial charge in [0.15, 0.2) is 0 Å². The largest absolute Gasteiger partial charge is 0.370 e. The van der Waals surface area contributed by atoms with Gasteiger partial charge in [-0.25, -0.2) is 4.39 Å². The van der Waals surface area contributed by atoms with Crippen LogP contribution in [0.3, 0.4) is 0 Å². The van der Waals surface area contributed by atoms with Crippen molar-refractivity contribution in [3.8, 4) is 6.07 Å². The fourth-order valence-corrected chi connectivity index (χ4v) is 2.87. The summed E-state index contributed by atoms with van der Waals surface area (Å²) < 4.78 is 13.6. The number of hydrogen-bond acceptors (Lipinski definition) is 3. The first-order valence-electron chi connectivity index (χ1n) is 7.03. The van der Waals surface area contributed by atoms with Crippen molar-refractivity contribution in [3.05, 3.63) is 35.8 Å². The van der Waals surface area contributed by atoms with Crippen molar-refractivity contribution in [2.24, 2.45) is 0 Å². The summed E-state index contributed by atoms with van der Waals surface area (Å²) in [6.07, 6.45) is 6.26. The Balaban J connectivity index is 2.19. The minimum atomic E-state index is -0.287. The van der Waals surface area contributed by atoms with Crippen LogP contribution in [-0.4, -0.2) is 18.1 Å². The van der Waals surface area contributed by atoms with Gasteiger partial charge in [-0.2, -0.15) is 5.26 Å². The predicted molar refractivity (Wildman–Crippen MR) is 77.1 cm³/mol. The highest BCUT2D eigenvalue weighted by Gasteiger charge is 2.17. The molecule has 20 heavy (non-hydrogen) atoms. The molecule has 0 N–H and O–H groups in total. The van der Waals surface area contributed by atoms with E-state index in [4.69, 9.17) is 0 Å². The molecule has 0 radical (unpaired) electrons. The maximum Gasteiger partial charge on any atom is 0.124 e. The molecular weight excluding hydrogens is 253 g/mol. The maximum absolute atomic E-state index is 13.6. The minimum absolute atomic E-state index is 0.287. The van der Waals surface area contributed by atoms with Gasteiger partial charge in [0.1, 0.15) is 11.9 Å². The van der Waals surface area contributed by atoms with E-state index in [0.717, 1.165) is 42.5 Å². The Morgan fingerprint density at radius 1 is 1.15 bits per heavy atom. The second-order valence-corrected chi connectivity index (χ2v) is 5.20. The molecule has 4 heteroatoms. The van der Waals surface area contributed by atoms with Crippen LogP contribution in [0.5, 0.6) is 0 Å². The molecule has 0 spiro atoms. The van der Waals surface area contributed by atoms with Gasteiger partial charge in [0.2, 0.25) is 0 Å². The van der Waals surface area contributed by atoms with E-state index < -0.39 is 0 Å². The molecule has 2 heterocycles. The van der Waals surface area contributed by atoms with E-state index in [2.05, 4.69) is 16.0 Å². The molecule has 1 aromatic heterocycles. The average Bonchev–Trinajstić information content (AvgIpc) is 2.74. The number of benzene rings is 1. The van der Waals surface area contributed by atoms with Gasteiger partial charge in [-0.1, -0.05) is 12.8 Å². The van der Waals surface area contributed by atoms with Crippen molar-refractivity contribution in [2.75, 3.05) is 18.0 Å². The summed E-state index contributed by atoms with van der Waals surface area (Å²) in [5.41, 5.74) is 2.12. The Bertz CT molecular complexity index is 667. The number of nitrogens with zero attached hydrogens (tertiary/aromatic N) is 3. The lowest BCUT2D eigenvalue weighted by Gasteiger charge is -2.25. The van der Waals surface area contributed by atoms with Gasteiger partial charge in [0.25, 0.3) is 0 Å². The Kier molecular flexibility index (Phi) is 3.51. The Hall–Kier alpha value is -2.15. The van der Waals surface area contributed by atoms with E-state index in [1.54, 1.807) is 12.3 Å². The standard InChI is InChI=1S/C16H16FN3/c17-13-5-6-15-14(9-13)16(12(10-18)11-19-15)20-7-3-1-2-4-8-20/h5-6,9,11H,1-4,7-8H2. The van der Waals surface area contributed by atoms with E-state index in [1.807, 2.05) is 0 Å². The summed E-state index contributed by atoms with van der Waals surface area (Å²) in [5.74, 6) is -0.287. The van der Waals surface area contributed by atoms with Crippen molar-refractivity contribution in [1.29, 1.82) is 5.26 Å². The fourth-order valence-electron chi connectivity index (χ4n) is 2.87. The fraction of sp³-hybridized carbons (Fsp3) is 0.375. The smallest absolute Gasteiger partial charge is 0.124 e. The molecule has 0 aliphatic carbocycles. The van der Waals surface area contributed by atoms with Gasteiger partial charge in [-0.15, -0.1) is 0 Å². The lowest BCUT2D eigenvalue weighted by Crippen LogP contribution is -2.25. The molecular formula is C16H16FN3.